The van der Waals surface area contributed by atoms with E-state index in [-0.39, 0.29) is 11.7 Å². The van der Waals surface area contributed by atoms with Crippen LogP contribution in [0.1, 0.15) is 51.3 Å². The van der Waals surface area contributed by atoms with Gasteiger partial charge >= 0.3 is 0 Å². The van der Waals surface area contributed by atoms with E-state index in [0.29, 0.717) is 58.8 Å². The minimum atomic E-state index is -0.511. The Bertz CT molecular complexity index is 1730. The number of rotatable bonds is 9. The first-order chi connectivity index (χ1) is 20.4. The molecule has 0 radical (unpaired) electrons. The van der Waals surface area contributed by atoms with Crippen LogP contribution in [0.5, 0.6) is 17.2 Å². The molecule has 1 atom stereocenters. The first-order valence-corrected chi connectivity index (χ1v) is 14.2. The monoisotopic (exact) mass is 579 g/mol. The van der Waals surface area contributed by atoms with E-state index >= 15 is 0 Å². The number of amides is 1. The van der Waals surface area contributed by atoms with Crippen LogP contribution in [-0.2, 0) is 13.2 Å². The Morgan fingerprint density at radius 3 is 2.48 bits per heavy atom. The largest absolute Gasteiger partial charge is 0.507 e. The third-order valence-corrected chi connectivity index (χ3v) is 7.61. The summed E-state index contributed by atoms with van der Waals surface area (Å²) in [6.45, 7) is 5.17. The van der Waals surface area contributed by atoms with Gasteiger partial charge in [-0.1, -0.05) is 77.8 Å². The minimum absolute atomic E-state index is 0.0246. The van der Waals surface area contributed by atoms with Crippen molar-refractivity contribution in [3.63, 3.8) is 0 Å². The molecule has 1 amide bonds. The third-order valence-electron chi connectivity index (χ3n) is 7.37. The fourth-order valence-corrected chi connectivity index (χ4v) is 5.49. The molecule has 7 nitrogen and oxygen atoms in total. The molecule has 0 saturated heterocycles. The van der Waals surface area contributed by atoms with Crippen molar-refractivity contribution >= 4 is 17.5 Å². The van der Waals surface area contributed by atoms with E-state index in [2.05, 4.69) is 10.2 Å². The highest BCUT2D eigenvalue weighted by atomic mass is 35.5. The van der Waals surface area contributed by atoms with Crippen molar-refractivity contribution < 1.29 is 19.4 Å². The average Bonchev–Trinajstić information content (AvgIpc) is 3.54. The number of halogens is 1. The van der Waals surface area contributed by atoms with E-state index < -0.39 is 6.04 Å². The van der Waals surface area contributed by atoms with Gasteiger partial charge in [-0.3, -0.25) is 9.89 Å². The number of ether oxygens (including phenoxy) is 2. The van der Waals surface area contributed by atoms with Crippen LogP contribution in [0.2, 0.25) is 5.02 Å². The number of phenols is 1. The Kier molecular flexibility index (Phi) is 7.59. The van der Waals surface area contributed by atoms with Crippen molar-refractivity contribution in [2.45, 2.75) is 33.0 Å². The van der Waals surface area contributed by atoms with E-state index in [0.717, 1.165) is 22.3 Å². The molecule has 0 bridgehead atoms. The number of aromatic nitrogens is 2. The molecule has 42 heavy (non-hydrogen) atoms. The van der Waals surface area contributed by atoms with Crippen LogP contribution < -0.4 is 9.47 Å². The molecule has 1 unspecified atom stereocenters. The number of phenolic OH excluding ortho intramolecular Hbond substituents is 1. The van der Waals surface area contributed by atoms with Crippen LogP contribution in [0.3, 0.4) is 0 Å². The van der Waals surface area contributed by atoms with Gasteiger partial charge in [-0.25, -0.2) is 0 Å². The highest BCUT2D eigenvalue weighted by Crippen LogP contribution is 2.47. The molecule has 8 heteroatoms. The second-order valence-corrected chi connectivity index (χ2v) is 10.7. The second-order valence-electron chi connectivity index (χ2n) is 10.3. The zero-order valence-corrected chi connectivity index (χ0v) is 24.1. The van der Waals surface area contributed by atoms with Gasteiger partial charge in [0.05, 0.1) is 12.6 Å². The summed E-state index contributed by atoms with van der Waals surface area (Å²) in [7, 11) is 0. The second kappa shape index (κ2) is 11.6. The van der Waals surface area contributed by atoms with Crippen LogP contribution >= 0.6 is 11.6 Å². The van der Waals surface area contributed by atoms with E-state index in [4.69, 9.17) is 21.1 Å². The number of H-pyrrole nitrogens is 1. The summed E-state index contributed by atoms with van der Waals surface area (Å²) < 4.78 is 12.2. The lowest BCUT2D eigenvalue weighted by molar-refractivity contribution is 0.0729. The molecule has 2 N–H and O–H groups in total. The first kappa shape index (κ1) is 27.4. The molecule has 1 aliphatic heterocycles. The van der Waals surface area contributed by atoms with Crippen molar-refractivity contribution in [3.8, 4) is 28.5 Å². The zero-order valence-electron chi connectivity index (χ0n) is 23.3. The maximum Gasteiger partial charge on any atom is 0.273 e. The SMILES string of the molecule is CCOc1cc(C2c3c(-c4cc(Cl)ccc4O)n[nH]c3C(=O)N2Cc2ccc(C)cc2)ccc1OCc1ccccc1. The van der Waals surface area contributed by atoms with E-state index in [1.807, 2.05) is 91.5 Å². The van der Waals surface area contributed by atoms with Gasteiger partial charge in [-0.15, -0.1) is 0 Å². The number of nitrogens with zero attached hydrogens (tertiary/aromatic N) is 2. The number of carbonyl (C=O) groups excluding carboxylic acids is 1. The molecule has 6 rings (SSSR count). The van der Waals surface area contributed by atoms with Gasteiger partial charge in [-0.05, 0) is 60.9 Å². The lowest BCUT2D eigenvalue weighted by Crippen LogP contribution is -2.29. The summed E-state index contributed by atoms with van der Waals surface area (Å²) in [4.78, 5) is 15.7. The average molecular weight is 580 g/mol. The van der Waals surface area contributed by atoms with Crippen LogP contribution in [-0.4, -0.2) is 32.7 Å². The Labute approximate surface area is 249 Å². The fraction of sp³-hybridized carbons (Fsp3) is 0.176. The number of fused-ring (bicyclic) bond motifs is 1. The van der Waals surface area contributed by atoms with Gasteiger partial charge in [0.25, 0.3) is 5.91 Å². The summed E-state index contributed by atoms with van der Waals surface area (Å²) >= 11 is 6.31. The Hall–Kier alpha value is -4.75. The molecular weight excluding hydrogens is 550 g/mol. The minimum Gasteiger partial charge on any atom is -0.507 e. The van der Waals surface area contributed by atoms with Crippen molar-refractivity contribution in [2.75, 3.05) is 6.61 Å². The number of hydrogen-bond acceptors (Lipinski definition) is 5. The van der Waals surface area contributed by atoms with Crippen molar-refractivity contribution in [3.05, 3.63) is 130 Å². The van der Waals surface area contributed by atoms with E-state index in [1.54, 1.807) is 12.1 Å². The van der Waals surface area contributed by atoms with Gasteiger partial charge in [0.2, 0.25) is 0 Å². The molecule has 1 aliphatic rings. The van der Waals surface area contributed by atoms with Gasteiger partial charge in [-0.2, -0.15) is 5.10 Å². The molecular formula is C34H30ClN3O4. The summed E-state index contributed by atoms with van der Waals surface area (Å²) in [5, 5.41) is 18.6. The van der Waals surface area contributed by atoms with Gasteiger partial charge in [0.1, 0.15) is 23.7 Å². The number of benzene rings is 4. The summed E-state index contributed by atoms with van der Waals surface area (Å²) in [5.41, 5.74) is 5.98. The number of aromatic amines is 1. The maximum atomic E-state index is 13.9. The Morgan fingerprint density at radius 1 is 0.929 bits per heavy atom. The predicted octanol–water partition coefficient (Wildman–Crippen LogP) is 7.47. The summed E-state index contributed by atoms with van der Waals surface area (Å²) in [6.07, 6.45) is 0. The number of nitrogens with one attached hydrogen (secondary N) is 1. The normalized spacial score (nSPS) is 14.2. The number of aromatic hydroxyl groups is 1. The standard InChI is InChI=1S/C34H30ClN3O4/c1-3-41-29-17-24(13-16-28(29)42-20-23-7-5-4-6-8-23)33-30-31(26-18-25(35)14-15-27(26)39)36-37-32(30)34(40)38(33)19-22-11-9-21(2)10-12-22/h4-18,33,39H,3,19-20H2,1-2H3,(H,36,37). The first-order valence-electron chi connectivity index (χ1n) is 13.8. The van der Waals surface area contributed by atoms with Gasteiger partial charge in [0.15, 0.2) is 11.5 Å². The van der Waals surface area contributed by atoms with Crippen LogP contribution in [0.25, 0.3) is 11.3 Å². The molecule has 0 spiro atoms. The molecule has 2 heterocycles. The number of hydrogen-bond donors (Lipinski definition) is 2. The topological polar surface area (TPSA) is 87.7 Å². The molecule has 4 aromatic carbocycles. The number of carbonyl (C=O) groups is 1. The Balaban J connectivity index is 1.44. The lowest BCUT2D eigenvalue weighted by Gasteiger charge is -2.27. The van der Waals surface area contributed by atoms with Crippen LogP contribution in [0.4, 0.5) is 0 Å². The summed E-state index contributed by atoms with van der Waals surface area (Å²) in [5.74, 6) is 1.03. The summed E-state index contributed by atoms with van der Waals surface area (Å²) in [6, 6.07) is 28.1. The van der Waals surface area contributed by atoms with Gasteiger partial charge in [0, 0.05) is 22.7 Å². The van der Waals surface area contributed by atoms with Crippen molar-refractivity contribution in [2.24, 2.45) is 0 Å². The highest BCUT2D eigenvalue weighted by molar-refractivity contribution is 6.31. The predicted molar refractivity (Wildman–Crippen MR) is 162 cm³/mol. The zero-order chi connectivity index (χ0) is 29.2. The smallest absolute Gasteiger partial charge is 0.273 e. The molecule has 0 aliphatic carbocycles. The quantitative estimate of drug-likeness (QED) is 0.189. The van der Waals surface area contributed by atoms with Gasteiger partial charge < -0.3 is 19.5 Å². The maximum absolute atomic E-state index is 13.9. The van der Waals surface area contributed by atoms with Crippen LogP contribution in [0, 0.1) is 6.92 Å². The number of aryl methyl sites for hydroxylation is 1. The molecule has 1 aromatic heterocycles. The molecule has 212 valence electrons. The van der Waals surface area contributed by atoms with Crippen LogP contribution in [0.15, 0.2) is 91.0 Å². The van der Waals surface area contributed by atoms with Crippen molar-refractivity contribution in [1.82, 2.24) is 15.1 Å². The lowest BCUT2D eigenvalue weighted by atomic mass is 9.95. The highest BCUT2D eigenvalue weighted by Gasteiger charge is 2.43. The van der Waals surface area contributed by atoms with E-state index in [9.17, 15) is 9.90 Å². The van der Waals surface area contributed by atoms with Crippen molar-refractivity contribution in [1.29, 1.82) is 0 Å². The third kappa shape index (κ3) is 5.31. The molecule has 0 fully saturated rings. The Morgan fingerprint density at radius 2 is 1.71 bits per heavy atom. The molecule has 5 aromatic rings. The fourth-order valence-electron chi connectivity index (χ4n) is 5.32. The molecule has 0 saturated carbocycles. The van der Waals surface area contributed by atoms with E-state index in [1.165, 1.54) is 6.07 Å².